The largest absolute Gasteiger partial charge is 0.354 e. The number of nitrogens with zero attached hydrogens (tertiary/aromatic N) is 1. The molecule has 0 saturated heterocycles. The van der Waals surface area contributed by atoms with Crippen LogP contribution in [0.5, 0.6) is 0 Å². The molecular formula is C23H22N2. The lowest BCUT2D eigenvalue weighted by molar-refractivity contribution is 0.738. The maximum absolute atomic E-state index is 5.05. The average molecular weight is 326 g/mol. The maximum Gasteiger partial charge on any atom is 0.0909 e. The van der Waals surface area contributed by atoms with E-state index in [0.717, 1.165) is 22.8 Å². The van der Waals surface area contributed by atoms with Crippen molar-refractivity contribution in [1.29, 1.82) is 0 Å². The van der Waals surface area contributed by atoms with Gasteiger partial charge in [-0.05, 0) is 35.7 Å². The van der Waals surface area contributed by atoms with Crippen molar-refractivity contribution in [1.82, 2.24) is 0 Å². The van der Waals surface area contributed by atoms with Gasteiger partial charge in [0.1, 0.15) is 0 Å². The van der Waals surface area contributed by atoms with E-state index in [0.29, 0.717) is 0 Å². The number of para-hydroxylation sites is 2. The Morgan fingerprint density at radius 2 is 1.44 bits per heavy atom. The number of rotatable bonds is 3. The summed E-state index contributed by atoms with van der Waals surface area (Å²) in [5, 5.41) is 3.58. The van der Waals surface area contributed by atoms with Gasteiger partial charge in [0.05, 0.1) is 17.1 Å². The molecule has 0 unspecified atom stereocenters. The number of fused-ring (bicyclic) bond motifs is 1. The highest BCUT2D eigenvalue weighted by atomic mass is 14.9. The van der Waals surface area contributed by atoms with Crippen LogP contribution in [0.4, 0.5) is 17.1 Å². The summed E-state index contributed by atoms with van der Waals surface area (Å²) in [5.41, 5.74) is 7.93. The molecule has 124 valence electrons. The summed E-state index contributed by atoms with van der Waals surface area (Å²) in [5.74, 6) is 0. The van der Waals surface area contributed by atoms with Crippen molar-refractivity contribution < 1.29 is 0 Å². The van der Waals surface area contributed by atoms with Crippen molar-refractivity contribution in [2.45, 2.75) is 26.2 Å². The summed E-state index contributed by atoms with van der Waals surface area (Å²) >= 11 is 0. The first-order valence-corrected chi connectivity index (χ1v) is 8.68. The van der Waals surface area contributed by atoms with Gasteiger partial charge in [-0.3, -0.25) is 0 Å². The van der Waals surface area contributed by atoms with Crippen molar-refractivity contribution >= 4 is 22.8 Å². The molecule has 0 aromatic heterocycles. The van der Waals surface area contributed by atoms with Crippen LogP contribution in [0.25, 0.3) is 0 Å². The Morgan fingerprint density at radius 1 is 0.760 bits per heavy atom. The van der Waals surface area contributed by atoms with Gasteiger partial charge in [0.2, 0.25) is 0 Å². The fraction of sp³-hybridized carbons (Fsp3) is 0.174. The van der Waals surface area contributed by atoms with Gasteiger partial charge in [-0.25, -0.2) is 4.99 Å². The molecule has 2 nitrogen and oxygen atoms in total. The van der Waals surface area contributed by atoms with E-state index in [1.807, 2.05) is 6.07 Å². The van der Waals surface area contributed by atoms with E-state index < -0.39 is 0 Å². The van der Waals surface area contributed by atoms with Gasteiger partial charge >= 0.3 is 0 Å². The molecule has 1 N–H and O–H groups in total. The highest BCUT2D eigenvalue weighted by Gasteiger charge is 2.36. The first-order valence-electron chi connectivity index (χ1n) is 8.68. The highest BCUT2D eigenvalue weighted by molar-refractivity contribution is 6.13. The van der Waals surface area contributed by atoms with Crippen LogP contribution < -0.4 is 5.32 Å². The summed E-state index contributed by atoms with van der Waals surface area (Å²) in [6, 6.07) is 25.2. The van der Waals surface area contributed by atoms with Crippen molar-refractivity contribution in [2.24, 2.45) is 4.99 Å². The zero-order valence-electron chi connectivity index (χ0n) is 14.9. The predicted molar refractivity (Wildman–Crippen MR) is 107 cm³/mol. The van der Waals surface area contributed by atoms with E-state index in [1.54, 1.807) is 0 Å². The lowest BCUT2D eigenvalue weighted by atomic mass is 9.79. The number of anilines is 2. The Labute approximate surface area is 149 Å². The average Bonchev–Trinajstić information content (AvgIpc) is 2.90. The Morgan fingerprint density at radius 3 is 2.20 bits per heavy atom. The lowest BCUT2D eigenvalue weighted by Gasteiger charge is -2.23. The number of nitrogens with one attached hydrogen (secondary N) is 1. The fourth-order valence-electron chi connectivity index (χ4n) is 3.53. The van der Waals surface area contributed by atoms with Gasteiger partial charge in [-0.1, -0.05) is 74.5 Å². The Kier molecular flexibility index (Phi) is 3.69. The molecule has 3 aromatic rings. The summed E-state index contributed by atoms with van der Waals surface area (Å²) in [6.07, 6.45) is 0. The van der Waals surface area contributed by atoms with Crippen molar-refractivity contribution in [3.05, 3.63) is 89.5 Å². The third kappa shape index (κ3) is 2.64. The molecule has 2 heteroatoms. The van der Waals surface area contributed by atoms with Crippen LogP contribution in [0.3, 0.4) is 0 Å². The van der Waals surface area contributed by atoms with E-state index >= 15 is 0 Å². The summed E-state index contributed by atoms with van der Waals surface area (Å²) in [4.78, 5) is 5.05. The number of benzene rings is 3. The lowest BCUT2D eigenvalue weighted by Crippen LogP contribution is -2.26. The van der Waals surface area contributed by atoms with E-state index in [-0.39, 0.29) is 5.41 Å². The maximum atomic E-state index is 5.05. The van der Waals surface area contributed by atoms with E-state index in [9.17, 15) is 0 Å². The molecule has 25 heavy (non-hydrogen) atoms. The normalized spacial score (nSPS) is 14.8. The van der Waals surface area contributed by atoms with Crippen LogP contribution in [0.2, 0.25) is 0 Å². The minimum absolute atomic E-state index is 0.111. The third-order valence-corrected chi connectivity index (χ3v) is 4.99. The molecule has 4 rings (SSSR count). The molecule has 0 fully saturated rings. The van der Waals surface area contributed by atoms with E-state index in [2.05, 4.69) is 92.8 Å². The zero-order chi connectivity index (χ0) is 17.4. The van der Waals surface area contributed by atoms with E-state index in [1.165, 1.54) is 16.7 Å². The fourth-order valence-corrected chi connectivity index (χ4v) is 3.53. The second-order valence-corrected chi connectivity index (χ2v) is 7.09. The quantitative estimate of drug-likeness (QED) is 0.613. The molecule has 1 heterocycles. The number of aryl methyl sites for hydroxylation is 1. The number of aliphatic imine (C=N–C) groups is 1. The van der Waals surface area contributed by atoms with Crippen molar-refractivity contribution in [3.8, 4) is 0 Å². The SMILES string of the molecule is Cc1ccccc1Nc1cccc2c1N=C(c1ccccc1)C2(C)C. The van der Waals surface area contributed by atoms with Crippen LogP contribution in [0.1, 0.15) is 30.5 Å². The van der Waals surface area contributed by atoms with Crippen molar-refractivity contribution in [3.63, 3.8) is 0 Å². The second kappa shape index (κ2) is 5.89. The Balaban J connectivity index is 1.82. The van der Waals surface area contributed by atoms with Gasteiger partial charge in [0, 0.05) is 11.1 Å². The standard InChI is InChI=1S/C23H22N2/c1-16-10-7-8-14-19(16)24-20-15-9-13-18-21(20)25-22(23(18,2)3)17-11-5-4-6-12-17/h4-15,24H,1-3H3. The molecule has 3 aromatic carbocycles. The van der Waals surface area contributed by atoms with Crippen LogP contribution in [-0.2, 0) is 5.41 Å². The molecule has 0 atom stereocenters. The number of hydrogen-bond donors (Lipinski definition) is 1. The molecule has 0 bridgehead atoms. The Hall–Kier alpha value is -2.87. The zero-order valence-corrected chi connectivity index (χ0v) is 14.9. The monoisotopic (exact) mass is 326 g/mol. The third-order valence-electron chi connectivity index (χ3n) is 4.99. The first-order chi connectivity index (χ1) is 12.1. The molecule has 0 amide bonds. The van der Waals surface area contributed by atoms with Gasteiger partial charge < -0.3 is 5.32 Å². The summed E-state index contributed by atoms with van der Waals surface area (Å²) in [7, 11) is 0. The Bertz CT molecular complexity index is 953. The van der Waals surface area contributed by atoms with Gasteiger partial charge in [-0.15, -0.1) is 0 Å². The molecular weight excluding hydrogens is 304 g/mol. The molecule has 0 saturated carbocycles. The van der Waals surface area contributed by atoms with Gasteiger partial charge in [-0.2, -0.15) is 0 Å². The summed E-state index contributed by atoms with van der Waals surface area (Å²) in [6.45, 7) is 6.62. The molecule has 1 aliphatic heterocycles. The minimum atomic E-state index is -0.111. The van der Waals surface area contributed by atoms with Crippen molar-refractivity contribution in [2.75, 3.05) is 5.32 Å². The van der Waals surface area contributed by atoms with Crippen LogP contribution >= 0.6 is 0 Å². The summed E-state index contributed by atoms with van der Waals surface area (Å²) < 4.78 is 0. The highest BCUT2D eigenvalue weighted by Crippen LogP contribution is 2.46. The van der Waals surface area contributed by atoms with Crippen LogP contribution in [0, 0.1) is 6.92 Å². The van der Waals surface area contributed by atoms with Gasteiger partial charge in [0.15, 0.2) is 0 Å². The first kappa shape index (κ1) is 15.6. The number of hydrogen-bond acceptors (Lipinski definition) is 2. The van der Waals surface area contributed by atoms with Gasteiger partial charge in [0.25, 0.3) is 0 Å². The van der Waals surface area contributed by atoms with Crippen LogP contribution in [-0.4, -0.2) is 5.71 Å². The topological polar surface area (TPSA) is 24.4 Å². The minimum Gasteiger partial charge on any atom is -0.354 e. The predicted octanol–water partition coefficient (Wildman–Crippen LogP) is 6.15. The second-order valence-electron chi connectivity index (χ2n) is 7.09. The molecule has 1 aliphatic rings. The van der Waals surface area contributed by atoms with Crippen LogP contribution in [0.15, 0.2) is 77.8 Å². The molecule has 0 spiro atoms. The van der Waals surface area contributed by atoms with E-state index in [4.69, 9.17) is 4.99 Å². The smallest absolute Gasteiger partial charge is 0.0909 e. The molecule has 0 radical (unpaired) electrons. The molecule has 0 aliphatic carbocycles.